The van der Waals surface area contributed by atoms with Crippen molar-refractivity contribution in [3.05, 3.63) is 40.5 Å². The summed E-state index contributed by atoms with van der Waals surface area (Å²) in [6.45, 7) is 5.18. The van der Waals surface area contributed by atoms with Crippen molar-refractivity contribution in [1.29, 1.82) is 0 Å². The van der Waals surface area contributed by atoms with Gasteiger partial charge >= 0.3 is 12.2 Å². The molecule has 0 radical (unpaired) electrons. The molecule has 168 valence electrons. The average Bonchev–Trinajstić information content (AvgIpc) is 2.72. The third-order valence-corrected chi connectivity index (χ3v) is 4.73. The molecule has 1 aliphatic heterocycles. The Morgan fingerprint density at radius 1 is 1.19 bits per heavy atom. The Labute approximate surface area is 182 Å². The van der Waals surface area contributed by atoms with E-state index in [-0.39, 0.29) is 12.2 Å². The molecule has 1 saturated heterocycles. The number of aryl methyl sites for hydroxylation is 1. The molecule has 12 heteroatoms. The molecule has 0 atom stereocenters. The molecular formula is C19H22ClF3N6O2. The molecule has 0 bridgehead atoms. The number of carbonyl (C=O) groups excluding carboxylic acids is 1. The number of hydrogen-bond acceptors (Lipinski definition) is 6. The Balaban J connectivity index is 1.49. The van der Waals surface area contributed by atoms with Gasteiger partial charge in [-0.15, -0.1) is 0 Å². The van der Waals surface area contributed by atoms with E-state index in [4.69, 9.17) is 16.3 Å². The molecule has 1 aromatic heterocycles. The van der Waals surface area contributed by atoms with Crippen LogP contribution in [0.3, 0.4) is 0 Å². The third-order valence-electron chi connectivity index (χ3n) is 4.40. The number of anilines is 3. The van der Waals surface area contributed by atoms with E-state index >= 15 is 0 Å². The largest absolute Gasteiger partial charge is 0.417 e. The summed E-state index contributed by atoms with van der Waals surface area (Å²) in [5.74, 6) is 1.23. The zero-order valence-electron chi connectivity index (χ0n) is 16.7. The molecule has 3 rings (SSSR count). The van der Waals surface area contributed by atoms with Crippen LogP contribution in [-0.4, -0.2) is 55.4 Å². The number of alkyl halides is 3. The maximum Gasteiger partial charge on any atom is 0.417 e. The van der Waals surface area contributed by atoms with Crippen molar-refractivity contribution < 1.29 is 22.7 Å². The molecule has 8 nitrogen and oxygen atoms in total. The smallest absolute Gasteiger partial charge is 0.378 e. The molecule has 0 saturated carbocycles. The Kier molecular flexibility index (Phi) is 7.39. The second-order valence-electron chi connectivity index (χ2n) is 6.79. The Morgan fingerprint density at radius 2 is 1.94 bits per heavy atom. The highest BCUT2D eigenvalue weighted by molar-refractivity contribution is 6.31. The molecule has 2 amide bonds. The fourth-order valence-electron chi connectivity index (χ4n) is 2.93. The fourth-order valence-corrected chi connectivity index (χ4v) is 3.16. The lowest BCUT2D eigenvalue weighted by Crippen LogP contribution is -2.37. The van der Waals surface area contributed by atoms with E-state index in [0.717, 1.165) is 36.7 Å². The van der Waals surface area contributed by atoms with E-state index in [1.807, 2.05) is 13.0 Å². The van der Waals surface area contributed by atoms with Crippen LogP contribution in [0.15, 0.2) is 24.3 Å². The van der Waals surface area contributed by atoms with Crippen molar-refractivity contribution >= 4 is 35.1 Å². The minimum atomic E-state index is -4.61. The number of hydrogen-bond donors (Lipinski definition) is 3. The highest BCUT2D eigenvalue weighted by Crippen LogP contribution is 2.36. The number of amides is 2. The first-order valence-corrected chi connectivity index (χ1v) is 9.94. The lowest BCUT2D eigenvalue weighted by molar-refractivity contribution is -0.137. The SMILES string of the molecule is Cc1cc(N2CCOCC2)nc(NCCNC(=O)Nc2ccc(Cl)c(C(F)(F)F)c2)n1. The zero-order valence-corrected chi connectivity index (χ0v) is 17.5. The van der Waals surface area contributed by atoms with Crippen LogP contribution < -0.4 is 20.9 Å². The Hall–Kier alpha value is -2.79. The number of benzene rings is 1. The lowest BCUT2D eigenvalue weighted by atomic mass is 10.2. The number of carbonyl (C=O) groups is 1. The van der Waals surface area contributed by atoms with Crippen molar-refractivity contribution in [3.63, 3.8) is 0 Å². The van der Waals surface area contributed by atoms with Crippen LogP contribution in [0.5, 0.6) is 0 Å². The van der Waals surface area contributed by atoms with E-state index in [1.165, 1.54) is 6.07 Å². The van der Waals surface area contributed by atoms with Gasteiger partial charge in [-0.05, 0) is 25.1 Å². The summed E-state index contributed by atoms with van der Waals surface area (Å²) in [4.78, 5) is 22.9. The van der Waals surface area contributed by atoms with Gasteiger partial charge in [-0.1, -0.05) is 11.6 Å². The summed E-state index contributed by atoms with van der Waals surface area (Å²) in [7, 11) is 0. The first-order chi connectivity index (χ1) is 14.7. The van der Waals surface area contributed by atoms with Gasteiger partial charge in [0.15, 0.2) is 0 Å². The molecule has 0 unspecified atom stereocenters. The fraction of sp³-hybridized carbons (Fsp3) is 0.421. The van der Waals surface area contributed by atoms with Crippen LogP contribution >= 0.6 is 11.6 Å². The summed E-state index contributed by atoms with van der Waals surface area (Å²) in [5.41, 5.74) is -0.228. The first kappa shape index (κ1) is 22.9. The highest BCUT2D eigenvalue weighted by Gasteiger charge is 2.33. The van der Waals surface area contributed by atoms with Crippen molar-refractivity contribution in [2.75, 3.05) is 54.9 Å². The summed E-state index contributed by atoms with van der Waals surface area (Å²) in [6.07, 6.45) is -4.61. The predicted molar refractivity (Wildman–Crippen MR) is 112 cm³/mol. The number of morpholine rings is 1. The van der Waals surface area contributed by atoms with Gasteiger partial charge in [0.1, 0.15) is 5.82 Å². The van der Waals surface area contributed by atoms with Gasteiger partial charge in [-0.2, -0.15) is 18.2 Å². The van der Waals surface area contributed by atoms with Gasteiger partial charge in [0.25, 0.3) is 0 Å². The lowest BCUT2D eigenvalue weighted by Gasteiger charge is -2.28. The van der Waals surface area contributed by atoms with Gasteiger partial charge < -0.3 is 25.6 Å². The summed E-state index contributed by atoms with van der Waals surface area (Å²) in [5, 5.41) is 7.51. The van der Waals surface area contributed by atoms with Crippen LogP contribution in [0.4, 0.5) is 35.4 Å². The summed E-state index contributed by atoms with van der Waals surface area (Å²) < 4.78 is 44.1. The monoisotopic (exact) mass is 458 g/mol. The molecular weight excluding hydrogens is 437 g/mol. The predicted octanol–water partition coefficient (Wildman–Crippen LogP) is 3.53. The van der Waals surface area contributed by atoms with Gasteiger partial charge in [-0.3, -0.25) is 0 Å². The number of nitrogens with one attached hydrogen (secondary N) is 3. The van der Waals surface area contributed by atoms with Crippen molar-refractivity contribution in [2.24, 2.45) is 0 Å². The Bertz CT molecular complexity index is 922. The topological polar surface area (TPSA) is 91.4 Å². The minimum Gasteiger partial charge on any atom is -0.378 e. The molecule has 1 aromatic carbocycles. The second kappa shape index (κ2) is 10.0. The quantitative estimate of drug-likeness (QED) is 0.574. The van der Waals surface area contributed by atoms with Crippen LogP contribution in [0.2, 0.25) is 5.02 Å². The molecule has 31 heavy (non-hydrogen) atoms. The molecule has 1 fully saturated rings. The first-order valence-electron chi connectivity index (χ1n) is 9.56. The summed E-state index contributed by atoms with van der Waals surface area (Å²) >= 11 is 5.57. The van der Waals surface area contributed by atoms with Gasteiger partial charge in [-0.25, -0.2) is 9.78 Å². The van der Waals surface area contributed by atoms with Crippen molar-refractivity contribution in [1.82, 2.24) is 15.3 Å². The van der Waals surface area contributed by atoms with Crippen LogP contribution in [0.1, 0.15) is 11.3 Å². The molecule has 1 aliphatic rings. The number of aromatic nitrogens is 2. The number of rotatable bonds is 6. The number of ether oxygens (including phenoxy) is 1. The maximum atomic E-state index is 12.9. The average molecular weight is 459 g/mol. The van der Waals surface area contributed by atoms with Crippen LogP contribution in [0, 0.1) is 6.92 Å². The van der Waals surface area contributed by atoms with E-state index in [1.54, 1.807) is 0 Å². The van der Waals surface area contributed by atoms with E-state index in [2.05, 4.69) is 30.8 Å². The van der Waals surface area contributed by atoms with E-state index in [0.29, 0.717) is 25.7 Å². The van der Waals surface area contributed by atoms with Crippen LogP contribution in [0.25, 0.3) is 0 Å². The van der Waals surface area contributed by atoms with E-state index in [9.17, 15) is 18.0 Å². The molecule has 3 N–H and O–H groups in total. The zero-order chi connectivity index (χ0) is 22.4. The van der Waals surface area contributed by atoms with Gasteiger partial charge in [0, 0.05) is 43.6 Å². The maximum absolute atomic E-state index is 12.9. The molecule has 2 heterocycles. The van der Waals surface area contributed by atoms with Crippen LogP contribution in [-0.2, 0) is 10.9 Å². The summed E-state index contributed by atoms with van der Waals surface area (Å²) in [6, 6.07) is 4.42. The van der Waals surface area contributed by atoms with Crippen molar-refractivity contribution in [2.45, 2.75) is 13.1 Å². The second-order valence-corrected chi connectivity index (χ2v) is 7.20. The van der Waals surface area contributed by atoms with Crippen molar-refractivity contribution in [3.8, 4) is 0 Å². The van der Waals surface area contributed by atoms with Gasteiger partial charge in [0.05, 0.1) is 23.8 Å². The minimum absolute atomic E-state index is 0.0145. The van der Waals surface area contributed by atoms with Gasteiger partial charge in [0.2, 0.25) is 5.95 Å². The number of nitrogens with zero attached hydrogens (tertiary/aromatic N) is 3. The van der Waals surface area contributed by atoms with E-state index < -0.39 is 22.8 Å². The normalized spacial score (nSPS) is 14.3. The Morgan fingerprint density at radius 3 is 2.65 bits per heavy atom. The standard InChI is InChI=1S/C19H22ClF3N6O2/c1-12-10-16(29-6-8-31-9-7-29)28-17(26-12)24-4-5-25-18(30)27-13-2-3-15(20)14(11-13)19(21,22)23/h2-3,10-11H,4-9H2,1H3,(H,24,26,28)(H2,25,27,30). The highest BCUT2D eigenvalue weighted by atomic mass is 35.5. The molecule has 0 spiro atoms. The number of urea groups is 1. The molecule has 0 aliphatic carbocycles. The third kappa shape index (κ3) is 6.59. The number of halogens is 4. The molecule has 2 aromatic rings.